The Balaban J connectivity index is 1.53. The minimum absolute atomic E-state index is 0.00497. The minimum atomic E-state index is -0.197. The molecule has 0 aliphatic heterocycles. The number of rotatable bonds is 4. The molecule has 0 spiro atoms. The van der Waals surface area contributed by atoms with Crippen LogP contribution in [0.5, 0.6) is 5.75 Å². The number of fused-ring (bicyclic) bond motifs is 5. The Bertz CT molecular complexity index is 928. The van der Waals surface area contributed by atoms with Crippen molar-refractivity contribution in [3.8, 4) is 5.75 Å². The molecule has 7 unspecified atom stereocenters. The van der Waals surface area contributed by atoms with E-state index in [9.17, 15) is 9.90 Å². The zero-order valence-corrected chi connectivity index (χ0v) is 19.8. The van der Waals surface area contributed by atoms with E-state index in [0.717, 1.165) is 44.3 Å². The van der Waals surface area contributed by atoms with Crippen LogP contribution in [0.2, 0.25) is 0 Å². The van der Waals surface area contributed by atoms with Crippen molar-refractivity contribution in [2.24, 2.45) is 28.6 Å². The van der Waals surface area contributed by atoms with Crippen molar-refractivity contribution in [3.05, 3.63) is 53.6 Å². The van der Waals surface area contributed by atoms with Crippen LogP contribution in [0.4, 0.5) is 0 Å². The molecule has 3 saturated carbocycles. The Morgan fingerprint density at radius 3 is 2.66 bits per heavy atom. The van der Waals surface area contributed by atoms with E-state index in [2.05, 4.69) is 38.1 Å². The first-order valence-corrected chi connectivity index (χ1v) is 12.6. The molecule has 0 amide bonds. The first-order valence-electron chi connectivity index (χ1n) is 12.6. The van der Waals surface area contributed by atoms with Crippen LogP contribution in [0.1, 0.15) is 77.2 Å². The maximum Gasteiger partial charge on any atom is 0.155 e. The molecule has 0 saturated heterocycles. The molecule has 4 aliphatic carbocycles. The number of aliphatic hydroxyl groups is 1. The fourth-order valence-electron chi connectivity index (χ4n) is 8.09. The number of benzene rings is 1. The molecule has 1 N–H and O–H groups in total. The van der Waals surface area contributed by atoms with Crippen molar-refractivity contribution < 1.29 is 14.6 Å². The number of ketones is 1. The number of allylic oxidation sites excluding steroid dienone is 2. The summed E-state index contributed by atoms with van der Waals surface area (Å²) in [6.07, 6.45) is 12.8. The van der Waals surface area contributed by atoms with E-state index in [1.54, 1.807) is 0 Å². The van der Waals surface area contributed by atoms with Crippen LogP contribution in [0.25, 0.3) is 0 Å². The molecule has 1 aromatic rings. The van der Waals surface area contributed by atoms with Crippen LogP contribution >= 0.6 is 0 Å². The topological polar surface area (TPSA) is 46.5 Å². The average molecular weight is 435 g/mol. The molecular formula is C29H38O3. The number of carbonyl (C=O) groups is 1. The average Bonchev–Trinajstić information content (AvgIpc) is 3.09. The summed E-state index contributed by atoms with van der Waals surface area (Å²) < 4.78 is 5.85. The summed E-state index contributed by atoms with van der Waals surface area (Å²) in [5.41, 5.74) is 2.86. The van der Waals surface area contributed by atoms with Crippen LogP contribution in [0, 0.1) is 28.6 Å². The number of hydrogen-bond acceptors (Lipinski definition) is 3. The van der Waals surface area contributed by atoms with Crippen molar-refractivity contribution in [1.82, 2.24) is 0 Å². The van der Waals surface area contributed by atoms with Gasteiger partial charge in [0.2, 0.25) is 0 Å². The lowest BCUT2D eigenvalue weighted by molar-refractivity contribution is -0.118. The van der Waals surface area contributed by atoms with Gasteiger partial charge in [0.1, 0.15) is 12.4 Å². The fourth-order valence-corrected chi connectivity index (χ4v) is 8.09. The first kappa shape index (κ1) is 21.9. The van der Waals surface area contributed by atoms with E-state index in [1.165, 1.54) is 11.1 Å². The molecule has 172 valence electrons. The summed E-state index contributed by atoms with van der Waals surface area (Å²) in [5.74, 6) is 3.37. The maximum absolute atomic E-state index is 12.3. The second-order valence-corrected chi connectivity index (χ2v) is 11.2. The number of aliphatic hydroxyl groups excluding tert-OH is 1. The Kier molecular flexibility index (Phi) is 5.60. The molecule has 0 bridgehead atoms. The third-order valence-electron chi connectivity index (χ3n) is 9.76. The van der Waals surface area contributed by atoms with E-state index >= 15 is 0 Å². The molecule has 32 heavy (non-hydrogen) atoms. The highest BCUT2D eigenvalue weighted by Gasteiger charge is 2.62. The zero-order valence-electron chi connectivity index (χ0n) is 19.8. The molecular weight excluding hydrogens is 396 g/mol. The van der Waals surface area contributed by atoms with Crippen molar-refractivity contribution in [1.29, 1.82) is 0 Å². The standard InChI is InChI=1S/C29H38O3/c1-4-5-16-32-22-9-6-19(7-10-22)24-18-29(3)25(12-13-26(29)31)23-11-8-20-17-21(30)14-15-28(20,2)27(23)24/h4-7,9-10,17,23-27,31H,8,11-16,18H2,1-3H3/b5-4+. The summed E-state index contributed by atoms with van der Waals surface area (Å²) in [7, 11) is 0. The molecule has 1 aromatic carbocycles. The van der Waals surface area contributed by atoms with Gasteiger partial charge in [-0.25, -0.2) is 0 Å². The molecule has 0 heterocycles. The van der Waals surface area contributed by atoms with Crippen molar-refractivity contribution in [2.75, 3.05) is 6.61 Å². The van der Waals surface area contributed by atoms with Crippen molar-refractivity contribution in [3.63, 3.8) is 0 Å². The highest BCUT2D eigenvalue weighted by molar-refractivity contribution is 5.91. The van der Waals surface area contributed by atoms with Gasteiger partial charge in [-0.15, -0.1) is 0 Å². The normalized spacial score (nSPS) is 41.1. The van der Waals surface area contributed by atoms with Gasteiger partial charge in [0, 0.05) is 6.42 Å². The smallest absolute Gasteiger partial charge is 0.155 e. The van der Waals surface area contributed by atoms with Gasteiger partial charge in [0.25, 0.3) is 0 Å². The second kappa shape index (κ2) is 8.17. The van der Waals surface area contributed by atoms with Crippen LogP contribution in [0.3, 0.4) is 0 Å². The summed E-state index contributed by atoms with van der Waals surface area (Å²) in [6.45, 7) is 7.39. The molecule has 3 nitrogen and oxygen atoms in total. The van der Waals surface area contributed by atoms with Gasteiger partial charge in [-0.3, -0.25) is 4.79 Å². The van der Waals surface area contributed by atoms with Gasteiger partial charge in [0.15, 0.2) is 5.78 Å². The monoisotopic (exact) mass is 434 g/mol. The predicted molar refractivity (Wildman–Crippen MR) is 128 cm³/mol. The fraction of sp³-hybridized carbons (Fsp3) is 0.621. The Labute approximate surface area is 192 Å². The highest BCUT2D eigenvalue weighted by atomic mass is 16.5. The van der Waals surface area contributed by atoms with E-state index in [4.69, 9.17) is 4.74 Å². The molecule has 5 rings (SSSR count). The van der Waals surface area contributed by atoms with Gasteiger partial charge < -0.3 is 9.84 Å². The number of carbonyl (C=O) groups excluding carboxylic acids is 1. The molecule has 3 heteroatoms. The van der Waals surface area contributed by atoms with Gasteiger partial charge in [-0.2, -0.15) is 0 Å². The SMILES string of the molecule is C/C=C/COc1ccc(C2CC3(C)C(O)CCC3C3CCC4=CC(=O)CCC4(C)C23)cc1. The minimum Gasteiger partial charge on any atom is -0.490 e. The van der Waals surface area contributed by atoms with E-state index < -0.39 is 0 Å². The quantitative estimate of drug-likeness (QED) is 0.572. The van der Waals surface area contributed by atoms with Crippen LogP contribution in [0.15, 0.2) is 48.1 Å². The molecule has 7 atom stereocenters. The summed E-state index contributed by atoms with van der Waals surface area (Å²) in [4.78, 5) is 12.3. The lowest BCUT2D eigenvalue weighted by Gasteiger charge is -2.61. The third kappa shape index (κ3) is 3.39. The zero-order chi connectivity index (χ0) is 22.5. The van der Waals surface area contributed by atoms with Gasteiger partial charge in [-0.05, 0) is 104 Å². The summed E-state index contributed by atoms with van der Waals surface area (Å²) >= 11 is 0. The molecule has 4 aliphatic rings. The van der Waals surface area contributed by atoms with Gasteiger partial charge in [0.05, 0.1) is 6.10 Å². The Morgan fingerprint density at radius 2 is 1.91 bits per heavy atom. The molecule has 0 radical (unpaired) electrons. The van der Waals surface area contributed by atoms with E-state index in [1.807, 2.05) is 25.2 Å². The first-order chi connectivity index (χ1) is 15.4. The lowest BCUT2D eigenvalue weighted by Crippen LogP contribution is -2.54. The lowest BCUT2D eigenvalue weighted by atomic mass is 9.44. The highest BCUT2D eigenvalue weighted by Crippen LogP contribution is 2.68. The van der Waals surface area contributed by atoms with Gasteiger partial charge >= 0.3 is 0 Å². The molecule has 0 aromatic heterocycles. The van der Waals surface area contributed by atoms with E-state index in [0.29, 0.717) is 42.5 Å². The van der Waals surface area contributed by atoms with Crippen molar-refractivity contribution in [2.45, 2.75) is 77.7 Å². The number of hydrogen-bond donors (Lipinski definition) is 1. The predicted octanol–water partition coefficient (Wildman–Crippen LogP) is 6.23. The Hall–Kier alpha value is -1.87. The summed E-state index contributed by atoms with van der Waals surface area (Å²) in [6, 6.07) is 8.74. The van der Waals surface area contributed by atoms with E-state index in [-0.39, 0.29) is 16.9 Å². The molecule has 3 fully saturated rings. The van der Waals surface area contributed by atoms with Gasteiger partial charge in [-0.1, -0.05) is 43.7 Å². The van der Waals surface area contributed by atoms with Crippen LogP contribution in [-0.2, 0) is 4.79 Å². The Morgan fingerprint density at radius 1 is 1.12 bits per heavy atom. The van der Waals surface area contributed by atoms with Crippen molar-refractivity contribution >= 4 is 5.78 Å². The number of ether oxygens (including phenoxy) is 1. The summed E-state index contributed by atoms with van der Waals surface area (Å²) in [5, 5.41) is 11.1. The maximum atomic E-state index is 12.3. The van der Waals surface area contributed by atoms with Crippen LogP contribution < -0.4 is 4.74 Å². The van der Waals surface area contributed by atoms with Crippen LogP contribution in [-0.4, -0.2) is 23.6 Å². The third-order valence-corrected chi connectivity index (χ3v) is 9.76. The second-order valence-electron chi connectivity index (χ2n) is 11.2. The largest absolute Gasteiger partial charge is 0.490 e.